The first-order valence-corrected chi connectivity index (χ1v) is 4.22. The van der Waals surface area contributed by atoms with Crippen LogP contribution < -0.4 is 0 Å². The summed E-state index contributed by atoms with van der Waals surface area (Å²) in [6, 6.07) is 0.731. The number of hydrogen-bond donors (Lipinski definition) is 0. The number of rotatable bonds is 3. The molecule has 1 nitrogen and oxygen atoms in total. The standard InChI is InChI=1S/C8H14N.Li/c1-3-9(4-2)8-6-5-7-8;/h5-8H,3-4H2,1-2H3;. The minimum atomic E-state index is 0.731. The van der Waals surface area contributed by atoms with Gasteiger partial charge in [0.2, 0.25) is 0 Å². The summed E-state index contributed by atoms with van der Waals surface area (Å²) in [4.78, 5) is 2.49. The van der Waals surface area contributed by atoms with Gasteiger partial charge < -0.3 is 0 Å². The van der Waals surface area contributed by atoms with Crippen LogP contribution in [0.1, 0.15) is 13.8 Å². The van der Waals surface area contributed by atoms with Crippen molar-refractivity contribution in [2.45, 2.75) is 24.5 Å². The predicted octanol–water partition coefficient (Wildman–Crippen LogP) is 1.22. The zero-order valence-corrected chi connectivity index (χ0v) is 7.17. The van der Waals surface area contributed by atoms with Crippen LogP contribution in [0.3, 0.4) is 0 Å². The molecule has 0 radical (unpaired) electrons. The third kappa shape index (κ3) is 1.48. The van der Waals surface area contributed by atoms with Crippen molar-refractivity contribution in [1.29, 1.82) is 0 Å². The fourth-order valence-corrected chi connectivity index (χ4v) is 1.53. The fourth-order valence-electron chi connectivity index (χ4n) is 1.53. The first-order chi connectivity index (χ1) is 4.79. The molecule has 0 aliphatic heterocycles. The Kier molecular flexibility index (Phi) is 3.04. The van der Waals surface area contributed by atoms with Crippen molar-refractivity contribution in [3.63, 3.8) is 0 Å². The van der Waals surface area contributed by atoms with Gasteiger partial charge in [0.25, 0.3) is 0 Å². The van der Waals surface area contributed by atoms with Crippen molar-refractivity contribution in [2.24, 2.45) is 0 Å². The molecule has 2 atom stereocenters. The molecule has 0 aromatic heterocycles. The summed E-state index contributed by atoms with van der Waals surface area (Å²) in [7, 11) is 0. The van der Waals surface area contributed by atoms with Crippen LogP contribution in [0, 0.1) is 0 Å². The molecule has 1 rings (SSSR count). The fraction of sp³-hybridized carbons (Fsp3) is 0.750. The number of likely N-dealkylation sites (N-methyl/N-ethyl adjacent to an activating group) is 1. The molecule has 2 unspecified atom stereocenters. The molecule has 1 aliphatic rings. The van der Waals surface area contributed by atoms with E-state index in [1.54, 1.807) is 0 Å². The van der Waals surface area contributed by atoms with Gasteiger partial charge in [0.1, 0.15) is 0 Å². The Hall–Kier alpha value is 0.297. The molecule has 2 heteroatoms. The Morgan fingerprint density at radius 1 is 1.30 bits per heavy atom. The van der Waals surface area contributed by atoms with E-state index in [0.717, 1.165) is 10.6 Å². The van der Waals surface area contributed by atoms with Gasteiger partial charge in [-0.05, 0) is 0 Å². The summed E-state index contributed by atoms with van der Waals surface area (Å²) in [5.41, 5.74) is 0. The van der Waals surface area contributed by atoms with Crippen molar-refractivity contribution in [3.8, 4) is 0 Å². The Morgan fingerprint density at radius 2 is 1.90 bits per heavy atom. The zero-order chi connectivity index (χ0) is 7.56. The average Bonchev–Trinajstić information content (AvgIpc) is 1.96. The predicted molar refractivity (Wildman–Crippen MR) is 45.4 cm³/mol. The quantitative estimate of drug-likeness (QED) is 0.411. The second-order valence-electron chi connectivity index (χ2n) is 2.96. The molecule has 0 saturated heterocycles. The van der Waals surface area contributed by atoms with Gasteiger partial charge in [-0.15, -0.1) is 0 Å². The van der Waals surface area contributed by atoms with Crippen molar-refractivity contribution in [1.82, 2.24) is 4.90 Å². The van der Waals surface area contributed by atoms with Gasteiger partial charge in [0.05, 0.1) is 0 Å². The van der Waals surface area contributed by atoms with Crippen LogP contribution in [-0.2, 0) is 0 Å². The van der Waals surface area contributed by atoms with Gasteiger partial charge in [-0.25, -0.2) is 0 Å². The summed E-state index contributed by atoms with van der Waals surface area (Å²) in [5, 5.41) is 0. The van der Waals surface area contributed by atoms with Gasteiger partial charge in [-0.3, -0.25) is 0 Å². The normalized spacial score (nSPS) is 30.9. The Bertz CT molecular complexity index is 129. The van der Waals surface area contributed by atoms with Crippen LogP contribution >= 0.6 is 0 Å². The SMILES string of the molecule is [Li][CH]1C=CC1N(CC)CC. The van der Waals surface area contributed by atoms with Crippen LogP contribution in [0.25, 0.3) is 0 Å². The Morgan fingerprint density at radius 3 is 2.00 bits per heavy atom. The van der Waals surface area contributed by atoms with E-state index >= 15 is 0 Å². The average molecular weight is 131 g/mol. The first kappa shape index (κ1) is 8.39. The van der Waals surface area contributed by atoms with E-state index in [-0.39, 0.29) is 0 Å². The van der Waals surface area contributed by atoms with Crippen LogP contribution in [-0.4, -0.2) is 41.7 Å². The van der Waals surface area contributed by atoms with E-state index in [1.807, 2.05) is 0 Å². The van der Waals surface area contributed by atoms with Crippen LogP contribution in [0.2, 0.25) is 4.59 Å². The molecular weight excluding hydrogens is 117 g/mol. The van der Waals surface area contributed by atoms with Gasteiger partial charge >= 0.3 is 72.3 Å². The van der Waals surface area contributed by atoms with Gasteiger partial charge in [0, 0.05) is 0 Å². The molecule has 0 fully saturated rings. The van der Waals surface area contributed by atoms with Crippen molar-refractivity contribution < 1.29 is 0 Å². The van der Waals surface area contributed by atoms with E-state index in [4.69, 9.17) is 0 Å². The minimum absolute atomic E-state index is 0.731. The second-order valence-corrected chi connectivity index (χ2v) is 2.96. The zero-order valence-electron chi connectivity index (χ0n) is 7.17. The van der Waals surface area contributed by atoms with Gasteiger partial charge in [-0.1, -0.05) is 0 Å². The second kappa shape index (κ2) is 3.62. The number of nitrogens with zero attached hydrogens (tertiary/aromatic N) is 1. The van der Waals surface area contributed by atoms with Crippen LogP contribution in [0.15, 0.2) is 12.2 Å². The van der Waals surface area contributed by atoms with Crippen molar-refractivity contribution >= 4 is 17.7 Å². The van der Waals surface area contributed by atoms with Crippen LogP contribution in [0.5, 0.6) is 0 Å². The molecule has 0 saturated carbocycles. The molecule has 52 valence electrons. The summed E-state index contributed by atoms with van der Waals surface area (Å²) in [6.45, 7) is 6.80. The maximum atomic E-state index is 2.49. The molecule has 0 spiro atoms. The summed E-state index contributed by atoms with van der Waals surface area (Å²) < 4.78 is 0.778. The Balaban J connectivity index is 2.40. The van der Waals surface area contributed by atoms with Gasteiger partial charge in [0.15, 0.2) is 0 Å². The van der Waals surface area contributed by atoms with Crippen LogP contribution in [0.4, 0.5) is 0 Å². The molecule has 0 amide bonds. The molecule has 0 aromatic rings. The first-order valence-electron chi connectivity index (χ1n) is 4.22. The van der Waals surface area contributed by atoms with Crippen molar-refractivity contribution in [2.75, 3.05) is 13.1 Å². The molecule has 0 bridgehead atoms. The molecule has 0 heterocycles. The molecular formula is C8H14LiN. The third-order valence-electron chi connectivity index (χ3n) is 2.38. The summed E-state index contributed by atoms with van der Waals surface area (Å²) in [6.07, 6.45) is 4.58. The summed E-state index contributed by atoms with van der Waals surface area (Å²) >= 11 is 2.28. The van der Waals surface area contributed by atoms with E-state index in [9.17, 15) is 0 Å². The van der Waals surface area contributed by atoms with E-state index in [0.29, 0.717) is 0 Å². The van der Waals surface area contributed by atoms with Crippen molar-refractivity contribution in [3.05, 3.63) is 12.2 Å². The Labute approximate surface area is 72.7 Å². The van der Waals surface area contributed by atoms with E-state index < -0.39 is 0 Å². The monoisotopic (exact) mass is 131 g/mol. The summed E-state index contributed by atoms with van der Waals surface area (Å²) in [5.74, 6) is 0. The number of hydrogen-bond acceptors (Lipinski definition) is 1. The molecule has 0 aromatic carbocycles. The third-order valence-corrected chi connectivity index (χ3v) is 2.38. The molecule has 10 heavy (non-hydrogen) atoms. The van der Waals surface area contributed by atoms with Gasteiger partial charge in [-0.2, -0.15) is 0 Å². The molecule has 0 N–H and O–H groups in total. The maximum absolute atomic E-state index is 2.49. The topological polar surface area (TPSA) is 3.24 Å². The van der Waals surface area contributed by atoms with E-state index in [2.05, 4.69) is 48.6 Å². The van der Waals surface area contributed by atoms with E-state index in [1.165, 1.54) is 13.1 Å². The molecule has 1 aliphatic carbocycles.